The predicted octanol–water partition coefficient (Wildman–Crippen LogP) is 3.83. The molecule has 0 amide bonds. The molecule has 0 fully saturated rings. The Kier molecular flexibility index (Phi) is 3.38. The summed E-state index contributed by atoms with van der Waals surface area (Å²) in [6.07, 6.45) is 1.82. The Morgan fingerprint density at radius 2 is 2.40 bits per heavy atom. The summed E-state index contributed by atoms with van der Waals surface area (Å²) in [4.78, 5) is 7.53. The van der Waals surface area contributed by atoms with Crippen molar-refractivity contribution in [2.24, 2.45) is 0 Å². The molecule has 2 heterocycles. The first-order valence-electron chi connectivity index (χ1n) is 6.21. The maximum absolute atomic E-state index is 9.02. The number of fused-ring (bicyclic) bond motifs is 1. The fourth-order valence-corrected chi connectivity index (χ4v) is 3.21. The van der Waals surface area contributed by atoms with Crippen LogP contribution in [0, 0.1) is 16.1 Å². The molecule has 0 aliphatic carbocycles. The largest absolute Gasteiger partial charge is 0.331 e. The molecule has 0 aliphatic rings. The molecule has 3 rings (SSSR count). The van der Waals surface area contributed by atoms with E-state index < -0.39 is 0 Å². The van der Waals surface area contributed by atoms with Crippen molar-refractivity contribution >= 4 is 34.6 Å². The quantitative estimate of drug-likeness (QED) is 0.748. The average Bonchev–Trinajstić information content (AvgIpc) is 3.07. The van der Waals surface area contributed by atoms with Gasteiger partial charge in [-0.15, -0.1) is 11.3 Å². The van der Waals surface area contributed by atoms with E-state index in [1.807, 2.05) is 28.3 Å². The molecule has 1 atom stereocenters. The van der Waals surface area contributed by atoms with E-state index in [4.69, 9.17) is 17.5 Å². The van der Waals surface area contributed by atoms with E-state index in [1.165, 1.54) is 0 Å². The standard InChI is InChI=1S/C14H12N4S2/c1-9(13-16-4-5-20-13)8-18-12-6-10(7-15)2-3-11(12)17-14(18)19/h2-6,9H,8H2,1H3,(H,17,19). The molecule has 1 unspecified atom stereocenters. The first kappa shape index (κ1) is 13.0. The summed E-state index contributed by atoms with van der Waals surface area (Å²) < 4.78 is 2.72. The minimum absolute atomic E-state index is 0.284. The Hall–Kier alpha value is -1.97. The van der Waals surface area contributed by atoms with Gasteiger partial charge in [-0.2, -0.15) is 5.26 Å². The maximum Gasteiger partial charge on any atom is 0.178 e. The van der Waals surface area contributed by atoms with Gasteiger partial charge < -0.3 is 9.55 Å². The number of imidazole rings is 1. The number of hydrogen-bond acceptors (Lipinski definition) is 4. The van der Waals surface area contributed by atoms with E-state index in [2.05, 4.69) is 23.0 Å². The van der Waals surface area contributed by atoms with Crippen molar-refractivity contribution in [2.75, 3.05) is 0 Å². The van der Waals surface area contributed by atoms with Gasteiger partial charge in [0, 0.05) is 24.0 Å². The van der Waals surface area contributed by atoms with Gasteiger partial charge in [0.2, 0.25) is 0 Å². The van der Waals surface area contributed by atoms with Crippen LogP contribution in [0.15, 0.2) is 29.8 Å². The van der Waals surface area contributed by atoms with Crippen LogP contribution < -0.4 is 0 Å². The number of rotatable bonds is 3. The summed E-state index contributed by atoms with van der Waals surface area (Å²) in [6, 6.07) is 7.73. The van der Waals surface area contributed by atoms with Gasteiger partial charge in [-0.05, 0) is 30.4 Å². The molecule has 0 saturated heterocycles. The molecule has 20 heavy (non-hydrogen) atoms. The molecule has 2 aromatic heterocycles. The summed E-state index contributed by atoms with van der Waals surface area (Å²) >= 11 is 7.04. The van der Waals surface area contributed by atoms with E-state index in [-0.39, 0.29) is 5.92 Å². The minimum Gasteiger partial charge on any atom is -0.331 e. The normalized spacial score (nSPS) is 12.4. The lowest BCUT2D eigenvalue weighted by Gasteiger charge is -2.10. The average molecular weight is 300 g/mol. The number of benzene rings is 1. The molecule has 1 N–H and O–H groups in total. The third-order valence-corrected chi connectivity index (χ3v) is 4.56. The number of nitrogens with zero attached hydrogens (tertiary/aromatic N) is 3. The van der Waals surface area contributed by atoms with Crippen molar-refractivity contribution in [1.29, 1.82) is 5.26 Å². The topological polar surface area (TPSA) is 57.4 Å². The van der Waals surface area contributed by atoms with E-state index >= 15 is 0 Å². The Bertz CT molecular complexity index is 836. The smallest absolute Gasteiger partial charge is 0.178 e. The van der Waals surface area contributed by atoms with Crippen LogP contribution in [0.25, 0.3) is 11.0 Å². The maximum atomic E-state index is 9.02. The van der Waals surface area contributed by atoms with E-state index in [9.17, 15) is 0 Å². The van der Waals surface area contributed by atoms with Gasteiger partial charge in [-0.25, -0.2) is 4.98 Å². The number of nitriles is 1. The number of nitrogens with one attached hydrogen (secondary N) is 1. The molecule has 6 heteroatoms. The van der Waals surface area contributed by atoms with Crippen molar-refractivity contribution in [3.63, 3.8) is 0 Å². The zero-order chi connectivity index (χ0) is 14.1. The molecule has 0 aliphatic heterocycles. The van der Waals surface area contributed by atoms with Gasteiger partial charge in [-0.3, -0.25) is 0 Å². The predicted molar refractivity (Wildman–Crippen MR) is 82.4 cm³/mol. The van der Waals surface area contributed by atoms with Crippen molar-refractivity contribution in [3.05, 3.63) is 45.1 Å². The van der Waals surface area contributed by atoms with Crippen LogP contribution >= 0.6 is 23.6 Å². The fraction of sp³-hybridized carbons (Fsp3) is 0.214. The lowest BCUT2D eigenvalue weighted by molar-refractivity contribution is 0.602. The van der Waals surface area contributed by atoms with Crippen LogP contribution in [0.3, 0.4) is 0 Å². The highest BCUT2D eigenvalue weighted by atomic mass is 32.1. The second-order valence-corrected chi connectivity index (χ2v) is 5.97. The van der Waals surface area contributed by atoms with Crippen molar-refractivity contribution in [1.82, 2.24) is 14.5 Å². The number of H-pyrrole nitrogens is 1. The highest BCUT2D eigenvalue weighted by Crippen LogP contribution is 2.23. The van der Waals surface area contributed by atoms with E-state index in [0.29, 0.717) is 10.3 Å². The number of hydrogen-bond donors (Lipinski definition) is 1. The zero-order valence-electron chi connectivity index (χ0n) is 10.8. The molecule has 0 spiro atoms. The summed E-state index contributed by atoms with van der Waals surface area (Å²) in [6.45, 7) is 2.88. The van der Waals surface area contributed by atoms with Crippen LogP contribution in [-0.4, -0.2) is 14.5 Å². The van der Waals surface area contributed by atoms with Gasteiger partial charge in [-0.1, -0.05) is 6.92 Å². The molecule has 1 aromatic carbocycles. The third kappa shape index (κ3) is 2.26. The Labute approximate surface area is 125 Å². The molecular weight excluding hydrogens is 288 g/mol. The summed E-state index contributed by atoms with van der Waals surface area (Å²) in [7, 11) is 0. The Balaban J connectivity index is 2.05. The summed E-state index contributed by atoms with van der Waals surface area (Å²) in [5, 5.41) is 12.1. The monoisotopic (exact) mass is 300 g/mol. The van der Waals surface area contributed by atoms with Crippen molar-refractivity contribution < 1.29 is 0 Å². The molecule has 0 saturated carbocycles. The van der Waals surface area contributed by atoms with Crippen LogP contribution in [-0.2, 0) is 6.54 Å². The third-order valence-electron chi connectivity index (χ3n) is 3.23. The van der Waals surface area contributed by atoms with E-state index in [1.54, 1.807) is 17.4 Å². The molecule has 100 valence electrons. The van der Waals surface area contributed by atoms with Crippen LogP contribution in [0.4, 0.5) is 0 Å². The van der Waals surface area contributed by atoms with Gasteiger partial charge in [0.15, 0.2) is 4.77 Å². The zero-order valence-corrected chi connectivity index (χ0v) is 12.5. The second-order valence-electron chi connectivity index (χ2n) is 4.66. The molecular formula is C14H12N4S2. The van der Waals surface area contributed by atoms with Crippen molar-refractivity contribution in [3.8, 4) is 6.07 Å². The van der Waals surface area contributed by atoms with Crippen LogP contribution in [0.1, 0.15) is 23.4 Å². The first-order valence-corrected chi connectivity index (χ1v) is 7.50. The van der Waals surface area contributed by atoms with E-state index in [0.717, 1.165) is 22.6 Å². The first-order chi connectivity index (χ1) is 9.69. The molecule has 4 nitrogen and oxygen atoms in total. The van der Waals surface area contributed by atoms with Crippen LogP contribution in [0.5, 0.6) is 0 Å². The fourth-order valence-electron chi connectivity index (χ4n) is 2.23. The minimum atomic E-state index is 0.284. The number of thiazole rings is 1. The van der Waals surface area contributed by atoms with Gasteiger partial charge in [0.05, 0.1) is 27.7 Å². The molecule has 3 aromatic rings. The number of aromatic nitrogens is 3. The molecule has 0 radical (unpaired) electrons. The Morgan fingerprint density at radius 1 is 1.55 bits per heavy atom. The summed E-state index contributed by atoms with van der Waals surface area (Å²) in [5.41, 5.74) is 2.57. The SMILES string of the molecule is CC(Cn1c(=S)[nH]c2ccc(C#N)cc21)c1nccs1. The highest BCUT2D eigenvalue weighted by molar-refractivity contribution is 7.71. The van der Waals surface area contributed by atoms with Crippen molar-refractivity contribution in [2.45, 2.75) is 19.4 Å². The summed E-state index contributed by atoms with van der Waals surface area (Å²) in [5.74, 6) is 0.284. The highest BCUT2D eigenvalue weighted by Gasteiger charge is 2.12. The van der Waals surface area contributed by atoms with Gasteiger partial charge in [0.25, 0.3) is 0 Å². The lowest BCUT2D eigenvalue weighted by Crippen LogP contribution is -2.06. The van der Waals surface area contributed by atoms with Gasteiger partial charge in [0.1, 0.15) is 0 Å². The molecule has 0 bridgehead atoms. The Morgan fingerprint density at radius 3 is 3.10 bits per heavy atom. The number of aromatic amines is 1. The van der Waals surface area contributed by atoms with Gasteiger partial charge >= 0.3 is 0 Å². The van der Waals surface area contributed by atoms with Crippen LogP contribution in [0.2, 0.25) is 0 Å². The lowest BCUT2D eigenvalue weighted by atomic mass is 10.2. The second kappa shape index (κ2) is 5.19.